The van der Waals surface area contributed by atoms with Crippen molar-refractivity contribution >= 4 is 271 Å². The van der Waals surface area contributed by atoms with Crippen molar-refractivity contribution in [2.45, 2.75) is 37.3 Å². The van der Waals surface area contributed by atoms with Crippen LogP contribution in [0.1, 0.15) is 6.42 Å². The Morgan fingerprint density at radius 1 is 0.483 bits per heavy atom. The van der Waals surface area contributed by atoms with Gasteiger partial charge in [0.25, 0.3) is 0 Å². The molecule has 0 spiro atoms. The molecular formula is C11H5Br17O. The number of epoxide rings is 1. The highest BCUT2D eigenvalue weighted by atomic mass is 80.0. The van der Waals surface area contributed by atoms with Gasteiger partial charge in [-0.05, 0) is 0 Å². The first-order chi connectivity index (χ1) is 12.3. The normalized spacial score (nSPS) is 20.8. The lowest BCUT2D eigenvalue weighted by molar-refractivity contribution is 0.387. The summed E-state index contributed by atoms with van der Waals surface area (Å²) in [6, 6.07) is 0. The molecule has 29 heavy (non-hydrogen) atoms. The fraction of sp³-hybridized carbons (Fsp3) is 1.00. The third-order valence-electron chi connectivity index (χ3n) is 3.67. The van der Waals surface area contributed by atoms with Crippen LogP contribution >= 0.6 is 271 Å². The molecule has 0 aliphatic carbocycles. The van der Waals surface area contributed by atoms with Gasteiger partial charge >= 0.3 is 0 Å². The smallest absolute Gasteiger partial charge is 0.162 e. The van der Waals surface area contributed by atoms with Gasteiger partial charge in [-0.25, -0.2) is 0 Å². The molecule has 1 atom stereocenters. The maximum Gasteiger partial charge on any atom is 0.162 e. The molecule has 0 aromatic heterocycles. The van der Waals surface area contributed by atoms with E-state index in [1.807, 2.05) is 0 Å². The largest absolute Gasteiger partial charge is 0.373 e. The molecule has 0 aromatic rings. The summed E-state index contributed by atoms with van der Waals surface area (Å²) in [5, 5.41) is 0. The molecule has 0 radical (unpaired) electrons. The fourth-order valence-electron chi connectivity index (χ4n) is 1.80. The minimum atomic E-state index is -0.973. The zero-order valence-corrected chi connectivity index (χ0v) is 39.8. The molecule has 1 heterocycles. The van der Waals surface area contributed by atoms with Crippen molar-refractivity contribution in [3.63, 3.8) is 0 Å². The van der Waals surface area contributed by atoms with Crippen LogP contribution in [0.2, 0.25) is 0 Å². The van der Waals surface area contributed by atoms with Crippen LogP contribution in [-0.2, 0) is 4.74 Å². The molecule has 1 fully saturated rings. The molecule has 18 heteroatoms. The molecule has 1 aliphatic heterocycles. The maximum absolute atomic E-state index is 5.42. The molecule has 1 nitrogen and oxygen atoms in total. The van der Waals surface area contributed by atoms with Gasteiger partial charge in [0.15, 0.2) is 2.14 Å². The lowest BCUT2D eigenvalue weighted by Gasteiger charge is -2.57. The number of halogens is 17. The summed E-state index contributed by atoms with van der Waals surface area (Å²) < 4.78 is -1.45. The van der Waals surface area contributed by atoms with Crippen molar-refractivity contribution in [3.05, 3.63) is 0 Å². The summed E-state index contributed by atoms with van der Waals surface area (Å²) in [6.45, 7) is 0.729. The SMILES string of the molecule is BrC(Br)(Br)C(Br)(Br)C(Br)(Br)C(Br)(Br)C(Br)(Br)C(Br)(Br)C(Br)(Br)C(Br)(Br)CC1CO1. The second kappa shape index (κ2) is 11.5. The van der Waals surface area contributed by atoms with E-state index in [0.29, 0.717) is 6.42 Å². The highest BCUT2D eigenvalue weighted by molar-refractivity contribution is 9.42. The van der Waals surface area contributed by atoms with Crippen molar-refractivity contribution in [2.75, 3.05) is 6.61 Å². The van der Waals surface area contributed by atoms with E-state index in [1.54, 1.807) is 0 Å². The van der Waals surface area contributed by atoms with E-state index >= 15 is 0 Å². The van der Waals surface area contributed by atoms with Gasteiger partial charge in [0, 0.05) is 6.42 Å². The molecular weight excluding hydrogens is 1510 g/mol. The van der Waals surface area contributed by atoms with Gasteiger partial charge in [-0.2, -0.15) is 0 Å². The van der Waals surface area contributed by atoms with Gasteiger partial charge < -0.3 is 4.74 Å². The third-order valence-corrected chi connectivity index (χ3v) is 37.7. The van der Waals surface area contributed by atoms with Crippen molar-refractivity contribution in [2.24, 2.45) is 0 Å². The average molecular weight is 1510 g/mol. The molecule has 0 saturated carbocycles. The Labute approximate surface area is 312 Å². The Hall–Kier alpha value is 8.12. The van der Waals surface area contributed by atoms with Crippen molar-refractivity contribution in [1.82, 2.24) is 0 Å². The average Bonchev–Trinajstić information content (AvgIpc) is 3.27. The van der Waals surface area contributed by atoms with Gasteiger partial charge in [-0.3, -0.25) is 0 Å². The molecule has 0 amide bonds. The van der Waals surface area contributed by atoms with Crippen molar-refractivity contribution < 1.29 is 4.74 Å². The number of ether oxygens (including phenoxy) is 1. The van der Waals surface area contributed by atoms with Crippen LogP contribution in [0.4, 0.5) is 0 Å². The zero-order valence-electron chi connectivity index (χ0n) is 12.8. The molecule has 0 aromatic carbocycles. The van der Waals surface area contributed by atoms with Gasteiger partial charge in [0.2, 0.25) is 0 Å². The standard InChI is InChI=1S/C11H5Br17O/c12-4(13,1-3-2-29-3)5(14,15)6(16,17)7(18,19)8(20,21)9(22,23)10(24,25)11(26,27)28/h3H,1-2H2. The number of alkyl halides is 17. The van der Waals surface area contributed by atoms with E-state index in [-0.39, 0.29) is 6.10 Å². The van der Waals surface area contributed by atoms with E-state index in [4.69, 9.17) is 4.74 Å². The predicted molar refractivity (Wildman–Crippen MR) is 188 cm³/mol. The van der Waals surface area contributed by atoms with Crippen LogP contribution in [0, 0.1) is 0 Å². The van der Waals surface area contributed by atoms with E-state index in [0.717, 1.165) is 6.61 Å². The first-order valence-electron chi connectivity index (χ1n) is 6.66. The molecule has 1 aliphatic rings. The molecule has 1 unspecified atom stereocenters. The Balaban J connectivity index is 3.52. The van der Waals surface area contributed by atoms with E-state index in [9.17, 15) is 0 Å². The summed E-state index contributed by atoms with van der Waals surface area (Å²) in [5.41, 5.74) is 0. The van der Waals surface area contributed by atoms with Gasteiger partial charge in [-0.15, -0.1) is 0 Å². The minimum Gasteiger partial charge on any atom is -0.373 e. The summed E-state index contributed by atoms with van der Waals surface area (Å²) in [4.78, 5) is 0. The Morgan fingerprint density at radius 2 is 0.759 bits per heavy atom. The number of hydrogen-bond acceptors (Lipinski definition) is 1. The molecule has 0 bridgehead atoms. The number of hydrogen-bond donors (Lipinski definition) is 0. The molecule has 1 saturated heterocycles. The molecule has 0 N–H and O–H groups in total. The molecule has 1 rings (SSSR count). The van der Waals surface area contributed by atoms with Gasteiger partial charge in [0.1, 0.15) is 22.6 Å². The van der Waals surface area contributed by atoms with E-state index in [2.05, 4.69) is 271 Å². The molecule has 174 valence electrons. The van der Waals surface area contributed by atoms with Crippen LogP contribution in [0.5, 0.6) is 0 Å². The van der Waals surface area contributed by atoms with Crippen LogP contribution < -0.4 is 0 Å². The monoisotopic (exact) mass is 1490 g/mol. The third kappa shape index (κ3) is 6.72. The summed E-state index contributed by atoms with van der Waals surface area (Å²) in [5.74, 6) is 0. The first-order valence-corrected chi connectivity index (χ1v) is 20.1. The van der Waals surface area contributed by atoms with E-state index in [1.165, 1.54) is 0 Å². The van der Waals surface area contributed by atoms with Crippen molar-refractivity contribution in [1.29, 1.82) is 0 Å². The summed E-state index contributed by atoms with van der Waals surface area (Å²) >= 11 is 64.4. The zero-order chi connectivity index (χ0) is 23.7. The quantitative estimate of drug-likeness (QED) is 0.174. The van der Waals surface area contributed by atoms with Crippen LogP contribution in [0.15, 0.2) is 0 Å². The van der Waals surface area contributed by atoms with Crippen LogP contribution in [0.25, 0.3) is 0 Å². The highest BCUT2D eigenvalue weighted by Crippen LogP contribution is 2.78. The lowest BCUT2D eigenvalue weighted by Crippen LogP contribution is -2.68. The topological polar surface area (TPSA) is 12.5 Å². The van der Waals surface area contributed by atoms with Crippen molar-refractivity contribution in [3.8, 4) is 0 Å². The second-order valence-electron chi connectivity index (χ2n) is 5.81. The highest BCUT2D eigenvalue weighted by Gasteiger charge is 2.77. The minimum absolute atomic E-state index is 0.164. The Bertz CT molecular complexity index is 613. The summed E-state index contributed by atoms with van der Waals surface area (Å²) in [6.07, 6.45) is 0.856. The number of rotatable bonds is 8. The Morgan fingerprint density at radius 3 is 1.03 bits per heavy atom. The van der Waals surface area contributed by atoms with Crippen LogP contribution in [-0.4, -0.2) is 37.5 Å². The second-order valence-corrected chi connectivity index (χ2v) is 37.0. The van der Waals surface area contributed by atoms with Gasteiger partial charge in [-0.1, -0.05) is 271 Å². The predicted octanol–water partition coefficient (Wildman–Crippen LogP) is 13.0. The summed E-state index contributed by atoms with van der Waals surface area (Å²) in [7, 11) is 0. The first kappa shape index (κ1) is 35.1. The fourth-order valence-corrected chi connectivity index (χ4v) is 17.3. The van der Waals surface area contributed by atoms with E-state index < -0.39 is 24.8 Å². The maximum atomic E-state index is 5.42. The lowest BCUT2D eigenvalue weighted by atomic mass is 10.1. The Kier molecular flexibility index (Phi) is 14.0. The van der Waals surface area contributed by atoms with Crippen LogP contribution in [0.3, 0.4) is 0 Å². The van der Waals surface area contributed by atoms with Gasteiger partial charge in [0.05, 0.1) is 12.7 Å².